The number of sulfonamides is 2. The third-order valence-electron chi connectivity index (χ3n) is 3.80. The first-order valence-corrected chi connectivity index (χ1v) is 11.0. The molecule has 0 atom stereocenters. The molecule has 0 unspecified atom stereocenters. The first-order valence-electron chi connectivity index (χ1n) is 8.04. The van der Waals surface area contributed by atoms with E-state index in [-0.39, 0.29) is 21.2 Å². The summed E-state index contributed by atoms with van der Waals surface area (Å²) >= 11 is 0. The molecule has 140 valence electrons. The number of anilines is 2. The SMILES string of the molecule is Cc1ccc(S(=O)(=O)Nc2ccccc2NS(=O)(=O)c2ccccc2)cc1. The average molecular weight is 402 g/mol. The Kier molecular flexibility index (Phi) is 5.20. The average Bonchev–Trinajstić information content (AvgIpc) is 2.64. The summed E-state index contributed by atoms with van der Waals surface area (Å²) in [5.74, 6) is 0. The predicted octanol–water partition coefficient (Wildman–Crippen LogP) is 3.60. The van der Waals surface area contributed by atoms with E-state index in [9.17, 15) is 16.8 Å². The van der Waals surface area contributed by atoms with Crippen LogP contribution in [-0.4, -0.2) is 16.8 Å². The highest BCUT2D eigenvalue weighted by atomic mass is 32.2. The lowest BCUT2D eigenvalue weighted by Crippen LogP contribution is -2.17. The van der Waals surface area contributed by atoms with E-state index in [2.05, 4.69) is 9.44 Å². The molecule has 27 heavy (non-hydrogen) atoms. The van der Waals surface area contributed by atoms with Crippen molar-refractivity contribution in [1.29, 1.82) is 0 Å². The zero-order valence-corrected chi connectivity index (χ0v) is 16.1. The maximum Gasteiger partial charge on any atom is 0.261 e. The first kappa shape index (κ1) is 18.9. The number of para-hydroxylation sites is 2. The molecule has 6 nitrogen and oxygen atoms in total. The summed E-state index contributed by atoms with van der Waals surface area (Å²) in [6, 6.07) is 20.5. The van der Waals surface area contributed by atoms with Gasteiger partial charge in [-0.25, -0.2) is 16.8 Å². The molecule has 0 aliphatic rings. The Bertz CT molecular complexity index is 1140. The molecule has 3 aromatic rings. The Labute approximate surface area is 159 Å². The second-order valence-electron chi connectivity index (χ2n) is 5.88. The van der Waals surface area contributed by atoms with E-state index < -0.39 is 20.0 Å². The van der Waals surface area contributed by atoms with E-state index in [1.807, 2.05) is 6.92 Å². The predicted molar refractivity (Wildman–Crippen MR) is 106 cm³/mol. The lowest BCUT2D eigenvalue weighted by Gasteiger charge is -2.14. The molecule has 2 N–H and O–H groups in total. The van der Waals surface area contributed by atoms with Crippen LogP contribution in [0.5, 0.6) is 0 Å². The minimum Gasteiger partial charge on any atom is -0.277 e. The van der Waals surface area contributed by atoms with Crippen LogP contribution in [0.3, 0.4) is 0 Å². The molecule has 3 aromatic carbocycles. The highest BCUT2D eigenvalue weighted by molar-refractivity contribution is 7.93. The zero-order valence-electron chi connectivity index (χ0n) is 14.5. The monoisotopic (exact) mass is 402 g/mol. The lowest BCUT2D eigenvalue weighted by atomic mass is 10.2. The number of hydrogen-bond donors (Lipinski definition) is 2. The summed E-state index contributed by atoms with van der Waals surface area (Å²) in [5.41, 5.74) is 1.21. The van der Waals surface area contributed by atoms with Crippen LogP contribution in [0.1, 0.15) is 5.56 Å². The van der Waals surface area contributed by atoms with Gasteiger partial charge in [0.05, 0.1) is 21.2 Å². The van der Waals surface area contributed by atoms with Crippen LogP contribution in [0.15, 0.2) is 88.7 Å². The van der Waals surface area contributed by atoms with Gasteiger partial charge in [0, 0.05) is 0 Å². The second kappa shape index (κ2) is 7.42. The smallest absolute Gasteiger partial charge is 0.261 e. The van der Waals surface area contributed by atoms with Crippen LogP contribution < -0.4 is 9.44 Å². The van der Waals surface area contributed by atoms with Crippen molar-refractivity contribution in [3.8, 4) is 0 Å². The Balaban J connectivity index is 1.92. The van der Waals surface area contributed by atoms with E-state index in [0.717, 1.165) is 5.56 Å². The van der Waals surface area contributed by atoms with Gasteiger partial charge in [-0.15, -0.1) is 0 Å². The Hall–Kier alpha value is -2.84. The molecule has 0 spiro atoms. The van der Waals surface area contributed by atoms with E-state index in [4.69, 9.17) is 0 Å². The number of rotatable bonds is 6. The van der Waals surface area contributed by atoms with Crippen molar-refractivity contribution in [2.45, 2.75) is 16.7 Å². The van der Waals surface area contributed by atoms with Crippen molar-refractivity contribution in [3.05, 3.63) is 84.4 Å². The minimum atomic E-state index is -3.86. The van der Waals surface area contributed by atoms with E-state index in [1.165, 1.54) is 36.4 Å². The number of benzene rings is 3. The molecule has 3 rings (SSSR count). The molecule has 0 radical (unpaired) electrons. The molecule has 0 aliphatic heterocycles. The van der Waals surface area contributed by atoms with Crippen molar-refractivity contribution < 1.29 is 16.8 Å². The lowest BCUT2D eigenvalue weighted by molar-refractivity contribution is 0.599. The maximum atomic E-state index is 12.6. The number of aryl methyl sites for hydroxylation is 1. The second-order valence-corrected chi connectivity index (χ2v) is 9.25. The number of nitrogens with one attached hydrogen (secondary N) is 2. The molecule has 0 aliphatic carbocycles. The van der Waals surface area contributed by atoms with Crippen molar-refractivity contribution in [2.24, 2.45) is 0 Å². The quantitative estimate of drug-likeness (QED) is 0.659. The Morgan fingerprint density at radius 1 is 0.556 bits per heavy atom. The van der Waals surface area contributed by atoms with Gasteiger partial charge in [-0.2, -0.15) is 0 Å². The van der Waals surface area contributed by atoms with Gasteiger partial charge in [-0.1, -0.05) is 48.0 Å². The minimum absolute atomic E-state index is 0.0844. The van der Waals surface area contributed by atoms with Crippen LogP contribution in [0.2, 0.25) is 0 Å². The summed E-state index contributed by atoms with van der Waals surface area (Å²) in [6.07, 6.45) is 0. The summed E-state index contributed by atoms with van der Waals surface area (Å²) in [5, 5.41) is 0. The van der Waals surface area contributed by atoms with Gasteiger partial charge in [-0.3, -0.25) is 9.44 Å². The van der Waals surface area contributed by atoms with Gasteiger partial charge < -0.3 is 0 Å². The molecule has 8 heteroatoms. The molecule has 0 bridgehead atoms. The molecule has 0 heterocycles. The van der Waals surface area contributed by atoms with Crippen LogP contribution in [0.4, 0.5) is 11.4 Å². The third kappa shape index (κ3) is 4.47. The maximum absolute atomic E-state index is 12.6. The molecule has 0 saturated carbocycles. The van der Waals surface area contributed by atoms with Crippen molar-refractivity contribution >= 4 is 31.4 Å². The van der Waals surface area contributed by atoms with E-state index in [1.54, 1.807) is 42.5 Å². The Morgan fingerprint density at radius 2 is 0.963 bits per heavy atom. The van der Waals surface area contributed by atoms with Gasteiger partial charge in [0.25, 0.3) is 20.0 Å². The summed E-state index contributed by atoms with van der Waals surface area (Å²) < 4.78 is 55.2. The van der Waals surface area contributed by atoms with Gasteiger partial charge in [-0.05, 0) is 43.3 Å². The zero-order chi connectivity index (χ0) is 19.5. The Morgan fingerprint density at radius 3 is 1.44 bits per heavy atom. The molecule has 0 amide bonds. The fourth-order valence-corrected chi connectivity index (χ4v) is 4.57. The summed E-state index contributed by atoms with van der Waals surface area (Å²) in [7, 11) is -7.70. The fourth-order valence-electron chi connectivity index (χ4n) is 2.39. The summed E-state index contributed by atoms with van der Waals surface area (Å²) in [6.45, 7) is 1.86. The first-order chi connectivity index (χ1) is 12.8. The van der Waals surface area contributed by atoms with Crippen molar-refractivity contribution in [2.75, 3.05) is 9.44 Å². The van der Waals surface area contributed by atoms with Crippen LogP contribution in [-0.2, 0) is 20.0 Å². The fraction of sp³-hybridized carbons (Fsp3) is 0.0526. The van der Waals surface area contributed by atoms with Gasteiger partial charge >= 0.3 is 0 Å². The normalized spacial score (nSPS) is 11.7. The summed E-state index contributed by atoms with van der Waals surface area (Å²) in [4.78, 5) is 0.176. The molecular weight excluding hydrogens is 384 g/mol. The standard InChI is InChI=1S/C19H18N2O4S2/c1-15-11-13-17(14-12-15)27(24,25)21-19-10-6-5-9-18(19)20-26(22,23)16-7-3-2-4-8-16/h2-14,20-21H,1H3. The molecule has 0 aromatic heterocycles. The van der Waals surface area contributed by atoms with Crippen LogP contribution in [0.25, 0.3) is 0 Å². The number of hydrogen-bond acceptors (Lipinski definition) is 4. The highest BCUT2D eigenvalue weighted by Gasteiger charge is 2.19. The van der Waals surface area contributed by atoms with Gasteiger partial charge in [0.1, 0.15) is 0 Å². The van der Waals surface area contributed by atoms with Gasteiger partial charge in [0.15, 0.2) is 0 Å². The molecular formula is C19H18N2O4S2. The largest absolute Gasteiger partial charge is 0.277 e. The van der Waals surface area contributed by atoms with Crippen molar-refractivity contribution in [3.63, 3.8) is 0 Å². The van der Waals surface area contributed by atoms with Crippen molar-refractivity contribution in [1.82, 2.24) is 0 Å². The molecule has 0 fully saturated rings. The van der Waals surface area contributed by atoms with Gasteiger partial charge in [0.2, 0.25) is 0 Å². The van der Waals surface area contributed by atoms with Crippen LogP contribution in [0, 0.1) is 6.92 Å². The topological polar surface area (TPSA) is 92.3 Å². The third-order valence-corrected chi connectivity index (χ3v) is 6.56. The highest BCUT2D eigenvalue weighted by Crippen LogP contribution is 2.27. The van der Waals surface area contributed by atoms with E-state index in [0.29, 0.717) is 0 Å². The van der Waals surface area contributed by atoms with E-state index >= 15 is 0 Å². The van der Waals surface area contributed by atoms with Crippen LogP contribution >= 0.6 is 0 Å². The molecule has 0 saturated heterocycles.